The van der Waals surface area contributed by atoms with Gasteiger partial charge in [0.1, 0.15) is 5.69 Å². The largest absolute Gasteiger partial charge is 0.399 e. The molecular formula is C12H12ClN7. The number of hydrogen-bond acceptors (Lipinski definition) is 5. The van der Waals surface area contributed by atoms with Crippen molar-refractivity contribution in [2.45, 2.75) is 6.92 Å². The Hall–Kier alpha value is -2.41. The Kier molecular flexibility index (Phi) is 2.90. The van der Waals surface area contributed by atoms with Gasteiger partial charge in [-0.2, -0.15) is 9.78 Å². The van der Waals surface area contributed by atoms with Crippen LogP contribution >= 0.6 is 11.6 Å². The first-order valence-electron chi connectivity index (χ1n) is 5.90. The molecule has 0 aliphatic heterocycles. The Morgan fingerprint density at radius 3 is 2.80 bits per heavy atom. The van der Waals surface area contributed by atoms with Crippen molar-refractivity contribution in [3.63, 3.8) is 0 Å². The molecule has 2 N–H and O–H groups in total. The average Bonchev–Trinajstić information content (AvgIpc) is 2.98. The summed E-state index contributed by atoms with van der Waals surface area (Å²) >= 11 is 6.21. The van der Waals surface area contributed by atoms with Crippen LogP contribution in [0.3, 0.4) is 0 Å². The van der Waals surface area contributed by atoms with Gasteiger partial charge < -0.3 is 5.73 Å². The first-order valence-corrected chi connectivity index (χ1v) is 6.28. The predicted octanol–water partition coefficient (Wildman–Crippen LogP) is 1.61. The number of nitrogens with two attached hydrogens (primary N) is 1. The van der Waals surface area contributed by atoms with E-state index in [1.54, 1.807) is 27.6 Å². The quantitative estimate of drug-likeness (QED) is 0.724. The van der Waals surface area contributed by atoms with Crippen LogP contribution in [0.25, 0.3) is 17.1 Å². The summed E-state index contributed by atoms with van der Waals surface area (Å²) in [5.41, 5.74) is 8.70. The van der Waals surface area contributed by atoms with Gasteiger partial charge >= 0.3 is 0 Å². The standard InChI is InChI=1S/C12H12ClN7/c1-7-11(6-19(2)16-7)20-12(15-17-18-20)9-5-8(14)3-4-10(9)13/h3-6H,14H2,1-2H3. The maximum absolute atomic E-state index is 6.21. The number of tetrazole rings is 1. The molecule has 0 bridgehead atoms. The van der Waals surface area contributed by atoms with Gasteiger partial charge in [-0.15, -0.1) is 5.10 Å². The Morgan fingerprint density at radius 1 is 1.30 bits per heavy atom. The van der Waals surface area contributed by atoms with E-state index in [2.05, 4.69) is 20.6 Å². The lowest BCUT2D eigenvalue weighted by Crippen LogP contribution is -2.01. The van der Waals surface area contributed by atoms with Crippen LogP contribution in [-0.4, -0.2) is 30.0 Å². The van der Waals surface area contributed by atoms with Crippen molar-refractivity contribution < 1.29 is 0 Å². The molecular weight excluding hydrogens is 278 g/mol. The molecule has 0 aliphatic rings. The minimum absolute atomic E-state index is 0.526. The summed E-state index contributed by atoms with van der Waals surface area (Å²) < 4.78 is 3.31. The maximum Gasteiger partial charge on any atom is 0.188 e. The molecule has 2 aromatic heterocycles. The van der Waals surface area contributed by atoms with E-state index in [4.69, 9.17) is 17.3 Å². The molecule has 0 unspecified atom stereocenters. The molecule has 0 fully saturated rings. The second kappa shape index (κ2) is 4.61. The lowest BCUT2D eigenvalue weighted by Gasteiger charge is -2.05. The molecule has 3 aromatic rings. The van der Waals surface area contributed by atoms with Crippen LogP contribution in [0.2, 0.25) is 5.02 Å². The number of halogens is 1. The lowest BCUT2D eigenvalue weighted by molar-refractivity contribution is 0.755. The summed E-state index contributed by atoms with van der Waals surface area (Å²) in [6.07, 6.45) is 1.84. The summed E-state index contributed by atoms with van der Waals surface area (Å²) in [6, 6.07) is 5.20. The number of nitrogens with zero attached hydrogens (tertiary/aromatic N) is 6. The summed E-state index contributed by atoms with van der Waals surface area (Å²) in [7, 11) is 1.84. The van der Waals surface area contributed by atoms with Crippen LogP contribution in [0.5, 0.6) is 0 Å². The second-order valence-electron chi connectivity index (χ2n) is 4.43. The summed E-state index contributed by atoms with van der Waals surface area (Å²) in [6.45, 7) is 1.89. The van der Waals surface area contributed by atoms with Crippen LogP contribution in [-0.2, 0) is 7.05 Å². The molecule has 102 valence electrons. The predicted molar refractivity (Wildman–Crippen MR) is 75.5 cm³/mol. The molecule has 2 heterocycles. The number of benzene rings is 1. The number of rotatable bonds is 2. The van der Waals surface area contributed by atoms with E-state index >= 15 is 0 Å². The number of anilines is 1. The molecule has 0 atom stereocenters. The maximum atomic E-state index is 6.21. The van der Waals surface area contributed by atoms with E-state index in [0.29, 0.717) is 22.1 Å². The van der Waals surface area contributed by atoms with Gasteiger partial charge in [-0.3, -0.25) is 4.68 Å². The molecule has 1 aromatic carbocycles. The number of aromatic nitrogens is 6. The first-order chi connectivity index (χ1) is 9.56. The van der Waals surface area contributed by atoms with Gasteiger partial charge in [0.2, 0.25) is 0 Å². The fraction of sp³-hybridized carbons (Fsp3) is 0.167. The van der Waals surface area contributed by atoms with Crippen molar-refractivity contribution in [2.24, 2.45) is 7.05 Å². The van der Waals surface area contributed by atoms with Gasteiger partial charge in [0.25, 0.3) is 0 Å². The van der Waals surface area contributed by atoms with Crippen molar-refractivity contribution in [1.29, 1.82) is 0 Å². The summed E-state index contributed by atoms with van der Waals surface area (Å²) in [5, 5.41) is 16.6. The fourth-order valence-electron chi connectivity index (χ4n) is 2.03. The Morgan fingerprint density at radius 2 is 2.10 bits per heavy atom. The summed E-state index contributed by atoms with van der Waals surface area (Å²) in [5.74, 6) is 0.526. The van der Waals surface area contributed by atoms with E-state index in [0.717, 1.165) is 11.4 Å². The molecule has 0 spiro atoms. The first kappa shape index (κ1) is 12.6. The highest BCUT2D eigenvalue weighted by Gasteiger charge is 2.17. The molecule has 0 saturated carbocycles. The van der Waals surface area contributed by atoms with Crippen LogP contribution in [0.15, 0.2) is 24.4 Å². The third-order valence-electron chi connectivity index (χ3n) is 2.92. The second-order valence-corrected chi connectivity index (χ2v) is 4.83. The van der Waals surface area contributed by atoms with Gasteiger partial charge in [0, 0.05) is 18.3 Å². The Bertz CT molecular complexity index is 774. The van der Waals surface area contributed by atoms with Crippen LogP contribution in [0.1, 0.15) is 5.69 Å². The molecule has 0 aliphatic carbocycles. The topological polar surface area (TPSA) is 87.4 Å². The molecule has 0 radical (unpaired) electrons. The number of nitrogen functional groups attached to an aromatic ring is 1. The minimum Gasteiger partial charge on any atom is -0.399 e. The van der Waals surface area contributed by atoms with E-state index in [1.165, 1.54) is 0 Å². The SMILES string of the molecule is Cc1nn(C)cc1-n1nnnc1-c1cc(N)ccc1Cl. The number of aryl methyl sites for hydroxylation is 2. The molecule has 7 nitrogen and oxygen atoms in total. The zero-order chi connectivity index (χ0) is 14.3. The van der Waals surface area contributed by atoms with Crippen LogP contribution in [0.4, 0.5) is 5.69 Å². The van der Waals surface area contributed by atoms with E-state index < -0.39 is 0 Å². The lowest BCUT2D eigenvalue weighted by atomic mass is 10.2. The van der Waals surface area contributed by atoms with E-state index in [-0.39, 0.29) is 0 Å². The fourth-order valence-corrected chi connectivity index (χ4v) is 2.23. The van der Waals surface area contributed by atoms with Crippen molar-refractivity contribution >= 4 is 17.3 Å². The minimum atomic E-state index is 0.526. The smallest absolute Gasteiger partial charge is 0.188 e. The Balaban J connectivity index is 2.20. The molecule has 0 amide bonds. The molecule has 0 saturated heterocycles. The third-order valence-corrected chi connectivity index (χ3v) is 3.25. The highest BCUT2D eigenvalue weighted by atomic mass is 35.5. The molecule has 8 heteroatoms. The van der Waals surface area contributed by atoms with Crippen molar-refractivity contribution in [1.82, 2.24) is 30.0 Å². The highest BCUT2D eigenvalue weighted by Crippen LogP contribution is 2.29. The van der Waals surface area contributed by atoms with Gasteiger partial charge in [-0.25, -0.2) is 0 Å². The molecule has 20 heavy (non-hydrogen) atoms. The Labute approximate surface area is 120 Å². The van der Waals surface area contributed by atoms with Gasteiger partial charge in [-0.1, -0.05) is 11.6 Å². The number of hydrogen-bond donors (Lipinski definition) is 1. The van der Waals surface area contributed by atoms with Crippen LogP contribution in [0, 0.1) is 6.92 Å². The van der Waals surface area contributed by atoms with Crippen molar-refractivity contribution in [3.05, 3.63) is 35.1 Å². The normalized spacial score (nSPS) is 10.9. The van der Waals surface area contributed by atoms with E-state index in [9.17, 15) is 0 Å². The van der Waals surface area contributed by atoms with E-state index in [1.807, 2.05) is 20.2 Å². The van der Waals surface area contributed by atoms with Gasteiger partial charge in [-0.05, 0) is 35.5 Å². The van der Waals surface area contributed by atoms with Gasteiger partial charge in [0.05, 0.1) is 16.9 Å². The van der Waals surface area contributed by atoms with Crippen molar-refractivity contribution in [2.75, 3.05) is 5.73 Å². The zero-order valence-corrected chi connectivity index (χ0v) is 11.7. The van der Waals surface area contributed by atoms with Crippen LogP contribution < -0.4 is 5.73 Å². The zero-order valence-electron chi connectivity index (χ0n) is 10.9. The average molecular weight is 290 g/mol. The summed E-state index contributed by atoms with van der Waals surface area (Å²) in [4.78, 5) is 0. The molecule has 3 rings (SSSR count). The monoisotopic (exact) mass is 289 g/mol. The van der Waals surface area contributed by atoms with Crippen molar-refractivity contribution in [3.8, 4) is 17.1 Å². The highest BCUT2D eigenvalue weighted by molar-refractivity contribution is 6.33. The van der Waals surface area contributed by atoms with Gasteiger partial charge in [0.15, 0.2) is 5.82 Å². The third kappa shape index (κ3) is 2.01.